The number of benzene rings is 5. The first-order valence-corrected chi connectivity index (χ1v) is 15.1. The quantitative estimate of drug-likeness (QED) is 0.204. The molecule has 0 spiro atoms. The van der Waals surface area contributed by atoms with Crippen molar-refractivity contribution < 1.29 is 0 Å². The molecule has 5 heteroatoms. The lowest BCUT2D eigenvalue weighted by Gasteiger charge is -2.16. The summed E-state index contributed by atoms with van der Waals surface area (Å²) in [5, 5.41) is 2.47. The zero-order chi connectivity index (χ0) is 30.3. The first-order chi connectivity index (χ1) is 22.1. The van der Waals surface area contributed by atoms with Crippen LogP contribution in [0.25, 0.3) is 72.8 Å². The molecule has 0 radical (unpaired) electrons. The molecule has 0 aliphatic rings. The molecule has 214 valence electrons. The molecule has 5 nitrogen and oxygen atoms in total. The third kappa shape index (κ3) is 4.85. The molecule has 0 saturated carbocycles. The highest BCUT2D eigenvalue weighted by Gasteiger charge is 2.19. The lowest BCUT2D eigenvalue weighted by atomic mass is 10.0. The van der Waals surface area contributed by atoms with E-state index in [0.29, 0.717) is 17.5 Å². The van der Waals surface area contributed by atoms with E-state index >= 15 is 0 Å². The molecule has 0 amide bonds. The number of pyridine rings is 1. The van der Waals surface area contributed by atoms with Gasteiger partial charge in [-0.15, -0.1) is 0 Å². The average Bonchev–Trinajstić information content (AvgIpc) is 3.41. The van der Waals surface area contributed by atoms with Gasteiger partial charge in [0.25, 0.3) is 0 Å². The summed E-state index contributed by atoms with van der Waals surface area (Å²) in [7, 11) is 0. The minimum atomic E-state index is 0.623. The lowest BCUT2D eigenvalue weighted by molar-refractivity contribution is 1.07. The van der Waals surface area contributed by atoms with E-state index in [0.717, 1.165) is 44.5 Å². The van der Waals surface area contributed by atoms with Crippen molar-refractivity contribution in [2.24, 2.45) is 0 Å². The first-order valence-electron chi connectivity index (χ1n) is 15.1. The van der Waals surface area contributed by atoms with Crippen LogP contribution in [0.1, 0.15) is 11.1 Å². The van der Waals surface area contributed by atoms with Crippen LogP contribution in [0, 0.1) is 13.8 Å². The van der Waals surface area contributed by atoms with Crippen molar-refractivity contribution in [2.75, 3.05) is 0 Å². The Morgan fingerprint density at radius 3 is 1.49 bits per heavy atom. The number of hydrogen-bond acceptors (Lipinski definition) is 4. The van der Waals surface area contributed by atoms with Crippen molar-refractivity contribution in [1.82, 2.24) is 24.5 Å². The van der Waals surface area contributed by atoms with Crippen LogP contribution in [-0.4, -0.2) is 24.5 Å². The Labute approximate surface area is 261 Å². The summed E-state index contributed by atoms with van der Waals surface area (Å²) in [6.45, 7) is 4.30. The molecular formula is C40H29N5. The molecule has 3 aromatic heterocycles. The Bertz CT molecular complexity index is 2210. The molecule has 0 aliphatic carbocycles. The van der Waals surface area contributed by atoms with E-state index in [1.165, 1.54) is 21.9 Å². The van der Waals surface area contributed by atoms with Gasteiger partial charge >= 0.3 is 0 Å². The van der Waals surface area contributed by atoms with Gasteiger partial charge in [0.15, 0.2) is 17.5 Å². The Morgan fingerprint density at radius 1 is 0.444 bits per heavy atom. The Morgan fingerprint density at radius 2 is 0.956 bits per heavy atom. The predicted octanol–water partition coefficient (Wildman–Crippen LogP) is 9.65. The number of hydrogen-bond donors (Lipinski definition) is 0. The Balaban J connectivity index is 1.42. The summed E-state index contributed by atoms with van der Waals surface area (Å²) in [5.74, 6) is 1.90. The van der Waals surface area contributed by atoms with Gasteiger partial charge in [-0.3, -0.25) is 4.98 Å². The molecule has 0 saturated heterocycles. The highest BCUT2D eigenvalue weighted by atomic mass is 15.0. The molecule has 3 heterocycles. The van der Waals surface area contributed by atoms with E-state index in [2.05, 4.69) is 90.1 Å². The lowest BCUT2D eigenvalue weighted by Crippen LogP contribution is -2.02. The van der Waals surface area contributed by atoms with Crippen LogP contribution < -0.4 is 0 Å². The van der Waals surface area contributed by atoms with Gasteiger partial charge in [0.1, 0.15) is 0 Å². The van der Waals surface area contributed by atoms with Gasteiger partial charge < -0.3 is 4.57 Å². The maximum atomic E-state index is 5.03. The van der Waals surface area contributed by atoms with E-state index < -0.39 is 0 Å². The monoisotopic (exact) mass is 579 g/mol. The van der Waals surface area contributed by atoms with Gasteiger partial charge in [0.05, 0.1) is 16.7 Å². The number of aryl methyl sites for hydroxylation is 2. The van der Waals surface area contributed by atoms with Crippen LogP contribution in [0.5, 0.6) is 0 Å². The fourth-order valence-electron chi connectivity index (χ4n) is 6.08. The summed E-state index contributed by atoms with van der Waals surface area (Å²) in [4.78, 5) is 19.3. The second-order valence-electron chi connectivity index (χ2n) is 11.4. The largest absolute Gasteiger partial charge is 0.309 e. The summed E-state index contributed by atoms with van der Waals surface area (Å²) in [6, 6.07) is 44.2. The topological polar surface area (TPSA) is 56.5 Å². The van der Waals surface area contributed by atoms with Crippen molar-refractivity contribution in [3.8, 4) is 51.0 Å². The number of nitrogens with zero attached hydrogens (tertiary/aromatic N) is 5. The van der Waals surface area contributed by atoms with Crippen LogP contribution >= 0.6 is 0 Å². The van der Waals surface area contributed by atoms with E-state index in [9.17, 15) is 0 Å². The second-order valence-corrected chi connectivity index (χ2v) is 11.4. The summed E-state index contributed by atoms with van der Waals surface area (Å²) in [5.41, 5.74) is 10.8. The standard InChI is InChI=1S/C40H29N5/c1-26-13-17-35-33(23-26)34-24-27(2)14-18-36(34)45(35)37-25-31(15-16-32(37)28-19-21-41-22-20-28)40-43-38(29-9-5-3-6-10-29)42-39(44-40)30-11-7-4-8-12-30/h3-25H,1-2H3. The molecule has 5 aromatic carbocycles. The smallest absolute Gasteiger partial charge is 0.164 e. The van der Waals surface area contributed by atoms with Crippen molar-refractivity contribution in [2.45, 2.75) is 13.8 Å². The molecule has 0 aliphatic heterocycles. The molecule has 8 aromatic rings. The summed E-state index contributed by atoms with van der Waals surface area (Å²) in [6.07, 6.45) is 3.69. The molecule has 0 unspecified atom stereocenters. The third-order valence-corrected chi connectivity index (χ3v) is 8.26. The average molecular weight is 580 g/mol. The van der Waals surface area contributed by atoms with Crippen molar-refractivity contribution >= 4 is 21.8 Å². The highest BCUT2D eigenvalue weighted by Crippen LogP contribution is 2.38. The van der Waals surface area contributed by atoms with Gasteiger partial charge in [-0.2, -0.15) is 0 Å². The van der Waals surface area contributed by atoms with Crippen molar-refractivity contribution in [3.05, 3.63) is 151 Å². The maximum Gasteiger partial charge on any atom is 0.164 e. The van der Waals surface area contributed by atoms with Gasteiger partial charge in [-0.25, -0.2) is 15.0 Å². The van der Waals surface area contributed by atoms with E-state index in [1.807, 2.05) is 73.1 Å². The fourth-order valence-corrected chi connectivity index (χ4v) is 6.08. The second kappa shape index (κ2) is 11.0. The minimum Gasteiger partial charge on any atom is -0.309 e. The highest BCUT2D eigenvalue weighted by molar-refractivity contribution is 6.10. The van der Waals surface area contributed by atoms with Gasteiger partial charge in [-0.1, -0.05) is 96.1 Å². The summed E-state index contributed by atoms with van der Waals surface area (Å²) < 4.78 is 2.38. The molecule has 0 bridgehead atoms. The van der Waals surface area contributed by atoms with Crippen LogP contribution in [0.15, 0.2) is 140 Å². The first kappa shape index (κ1) is 26.7. The maximum absolute atomic E-state index is 5.03. The van der Waals surface area contributed by atoms with Crippen LogP contribution in [0.4, 0.5) is 0 Å². The minimum absolute atomic E-state index is 0.623. The van der Waals surface area contributed by atoms with Crippen LogP contribution in [0.3, 0.4) is 0 Å². The summed E-state index contributed by atoms with van der Waals surface area (Å²) >= 11 is 0. The Kier molecular flexibility index (Phi) is 6.50. The number of aromatic nitrogens is 5. The number of rotatable bonds is 5. The molecule has 8 rings (SSSR count). The molecule has 0 N–H and O–H groups in total. The van der Waals surface area contributed by atoms with E-state index in [1.54, 1.807) is 0 Å². The molecule has 0 atom stereocenters. The van der Waals surface area contributed by atoms with Crippen LogP contribution in [-0.2, 0) is 0 Å². The van der Waals surface area contributed by atoms with E-state index in [4.69, 9.17) is 15.0 Å². The molecule has 0 fully saturated rings. The van der Waals surface area contributed by atoms with Crippen molar-refractivity contribution in [3.63, 3.8) is 0 Å². The van der Waals surface area contributed by atoms with Crippen LogP contribution in [0.2, 0.25) is 0 Å². The van der Waals surface area contributed by atoms with Gasteiger partial charge in [0.2, 0.25) is 0 Å². The zero-order valence-electron chi connectivity index (χ0n) is 25.0. The number of fused-ring (bicyclic) bond motifs is 3. The Hall–Kier alpha value is -5.94. The van der Waals surface area contributed by atoms with E-state index in [-0.39, 0.29) is 0 Å². The normalized spacial score (nSPS) is 11.3. The van der Waals surface area contributed by atoms with Gasteiger partial charge in [0, 0.05) is 45.4 Å². The predicted molar refractivity (Wildman–Crippen MR) is 183 cm³/mol. The molecule has 45 heavy (non-hydrogen) atoms. The van der Waals surface area contributed by atoms with Gasteiger partial charge in [-0.05, 0) is 61.9 Å². The molecular weight excluding hydrogens is 550 g/mol. The zero-order valence-corrected chi connectivity index (χ0v) is 25.0. The SMILES string of the molecule is Cc1ccc2c(c1)c1cc(C)ccc1n2-c1cc(-c2nc(-c3ccccc3)nc(-c3ccccc3)n2)ccc1-c1ccncc1. The van der Waals surface area contributed by atoms with Crippen molar-refractivity contribution in [1.29, 1.82) is 0 Å². The third-order valence-electron chi connectivity index (χ3n) is 8.26. The fraction of sp³-hybridized carbons (Fsp3) is 0.0500.